The number of ether oxygens (including phenoxy) is 1. The number of carbonyl (C=O) groups excluding carboxylic acids is 2. The number of rotatable bonds is 5. The van der Waals surface area contributed by atoms with E-state index < -0.39 is 20.2 Å². The number of esters is 1. The number of hydrogen-bond donors (Lipinski definition) is 0. The molecule has 0 spiro atoms. The lowest BCUT2D eigenvalue weighted by atomic mass is 9.97. The van der Waals surface area contributed by atoms with Gasteiger partial charge in [-0.25, -0.2) is 0 Å². The third-order valence-corrected chi connectivity index (χ3v) is 11.1. The molecule has 1 fully saturated rings. The van der Waals surface area contributed by atoms with Crippen molar-refractivity contribution in [1.29, 1.82) is 0 Å². The molecule has 0 radical (unpaired) electrons. The summed E-state index contributed by atoms with van der Waals surface area (Å²) in [6, 6.07) is 20.7. The van der Waals surface area contributed by atoms with E-state index in [-0.39, 0.29) is 29.3 Å². The second kappa shape index (κ2) is 8.25. The Morgan fingerprint density at radius 3 is 1.86 bits per heavy atom. The molecule has 0 saturated heterocycles. The van der Waals surface area contributed by atoms with Crippen molar-refractivity contribution in [3.63, 3.8) is 0 Å². The van der Waals surface area contributed by atoms with Gasteiger partial charge in [0.2, 0.25) is 0 Å². The summed E-state index contributed by atoms with van der Waals surface area (Å²) in [5.74, 6) is -1.52. The predicted octanol–water partition coefficient (Wildman–Crippen LogP) is 3.33. The van der Waals surface area contributed by atoms with Gasteiger partial charge in [-0.05, 0) is 15.4 Å². The van der Waals surface area contributed by atoms with Crippen molar-refractivity contribution >= 4 is 30.4 Å². The highest BCUT2D eigenvalue weighted by Gasteiger charge is 2.55. The van der Waals surface area contributed by atoms with Gasteiger partial charge in [0.15, 0.2) is 0 Å². The van der Waals surface area contributed by atoms with Gasteiger partial charge in [-0.2, -0.15) is 0 Å². The molecular weight excluding hydrogens is 380 g/mol. The average molecular weight is 411 g/mol. The number of ketones is 1. The van der Waals surface area contributed by atoms with Crippen LogP contribution in [0.1, 0.15) is 34.1 Å². The molecule has 0 heterocycles. The molecule has 1 saturated carbocycles. The molecule has 0 unspecified atom stereocenters. The molecule has 2 aromatic carbocycles. The first-order chi connectivity index (χ1) is 13.7. The van der Waals surface area contributed by atoms with Gasteiger partial charge in [0.25, 0.3) is 8.32 Å². The summed E-state index contributed by atoms with van der Waals surface area (Å²) >= 11 is 0. The van der Waals surface area contributed by atoms with Crippen LogP contribution in [0.4, 0.5) is 0 Å². The summed E-state index contributed by atoms with van der Waals surface area (Å²) in [6.45, 7) is 8.55. The lowest BCUT2D eigenvalue weighted by molar-refractivity contribution is -0.149. The van der Waals surface area contributed by atoms with E-state index in [0.717, 1.165) is 0 Å². The van der Waals surface area contributed by atoms with Crippen LogP contribution in [0, 0.1) is 11.8 Å². The highest BCUT2D eigenvalue weighted by atomic mass is 28.4. The van der Waals surface area contributed by atoms with Crippen LogP contribution in [0.2, 0.25) is 5.04 Å². The molecule has 3 atom stereocenters. The fraction of sp³-hybridized carbons (Fsp3) is 0.417. The first-order valence-corrected chi connectivity index (χ1v) is 12.0. The van der Waals surface area contributed by atoms with Gasteiger partial charge in [0, 0.05) is 12.3 Å². The molecule has 5 heteroatoms. The fourth-order valence-electron chi connectivity index (χ4n) is 4.56. The zero-order chi connectivity index (χ0) is 21.2. The second-order valence-corrected chi connectivity index (χ2v) is 13.1. The van der Waals surface area contributed by atoms with Crippen LogP contribution in [-0.4, -0.2) is 33.3 Å². The number of methoxy groups -OCH3 is 1. The van der Waals surface area contributed by atoms with E-state index >= 15 is 0 Å². The number of benzene rings is 2. The van der Waals surface area contributed by atoms with Crippen molar-refractivity contribution in [3.8, 4) is 0 Å². The normalized spacial score (nSPS) is 22.5. The minimum atomic E-state index is -2.76. The highest BCUT2D eigenvalue weighted by molar-refractivity contribution is 6.99. The summed E-state index contributed by atoms with van der Waals surface area (Å²) in [6.07, 6.45) is -0.0799. The van der Waals surface area contributed by atoms with E-state index in [1.54, 1.807) is 0 Å². The predicted molar refractivity (Wildman–Crippen MR) is 117 cm³/mol. The standard InChI is InChI=1S/C24H30O4Si/c1-17-21(16-20(25)22(17)23(26)27-5)28-29(24(2,3)4,18-12-8-6-9-13-18)19-14-10-7-11-15-19/h6-15,17,21-22H,16H2,1-5H3/t17-,21-,22+/m0/s1. The number of Topliss-reactive ketones (excluding diaryl/α,β-unsaturated/α-hetero) is 1. The van der Waals surface area contributed by atoms with Crippen LogP contribution in [0.25, 0.3) is 0 Å². The largest absolute Gasteiger partial charge is 0.468 e. The smallest absolute Gasteiger partial charge is 0.316 e. The van der Waals surface area contributed by atoms with Gasteiger partial charge in [-0.3, -0.25) is 9.59 Å². The van der Waals surface area contributed by atoms with E-state index in [0.29, 0.717) is 0 Å². The molecule has 0 amide bonds. The van der Waals surface area contributed by atoms with E-state index in [1.165, 1.54) is 17.5 Å². The van der Waals surface area contributed by atoms with Crippen molar-refractivity contribution < 1.29 is 18.8 Å². The van der Waals surface area contributed by atoms with Gasteiger partial charge in [-0.1, -0.05) is 88.4 Å². The maximum Gasteiger partial charge on any atom is 0.316 e. The second-order valence-electron chi connectivity index (χ2n) is 8.85. The zero-order valence-electron chi connectivity index (χ0n) is 17.8. The molecule has 154 valence electrons. The average Bonchev–Trinajstić information content (AvgIpc) is 2.99. The summed E-state index contributed by atoms with van der Waals surface area (Å²) in [5.41, 5.74) is 0. The molecule has 0 N–H and O–H groups in total. The minimum Gasteiger partial charge on any atom is -0.468 e. The van der Waals surface area contributed by atoms with Crippen molar-refractivity contribution in [2.24, 2.45) is 11.8 Å². The van der Waals surface area contributed by atoms with Crippen LogP contribution < -0.4 is 10.4 Å². The Kier molecular flexibility index (Phi) is 6.10. The number of hydrogen-bond acceptors (Lipinski definition) is 4. The molecule has 1 aliphatic rings. The maximum absolute atomic E-state index is 12.6. The summed E-state index contributed by atoms with van der Waals surface area (Å²) < 4.78 is 11.9. The minimum absolute atomic E-state index is 0.0905. The first-order valence-electron chi connectivity index (χ1n) is 10.1. The van der Waals surface area contributed by atoms with E-state index in [4.69, 9.17) is 9.16 Å². The lowest BCUT2D eigenvalue weighted by Crippen LogP contribution is -2.68. The molecule has 2 aromatic rings. The van der Waals surface area contributed by atoms with Crippen LogP contribution in [0.3, 0.4) is 0 Å². The van der Waals surface area contributed by atoms with Gasteiger partial charge < -0.3 is 9.16 Å². The summed E-state index contributed by atoms with van der Waals surface area (Å²) in [4.78, 5) is 24.8. The Labute approximate surface area is 174 Å². The molecule has 0 aliphatic heterocycles. The topological polar surface area (TPSA) is 52.6 Å². The lowest BCUT2D eigenvalue weighted by Gasteiger charge is -2.45. The van der Waals surface area contributed by atoms with E-state index in [9.17, 15) is 9.59 Å². The number of carbonyl (C=O) groups is 2. The van der Waals surface area contributed by atoms with Crippen LogP contribution in [0.5, 0.6) is 0 Å². The molecule has 29 heavy (non-hydrogen) atoms. The van der Waals surface area contributed by atoms with Gasteiger partial charge in [-0.15, -0.1) is 0 Å². The Balaban J connectivity index is 2.12. The fourth-order valence-corrected chi connectivity index (χ4v) is 9.33. The Morgan fingerprint density at radius 2 is 1.45 bits per heavy atom. The molecule has 4 nitrogen and oxygen atoms in total. The Bertz CT molecular complexity index is 818. The van der Waals surface area contributed by atoms with Crippen LogP contribution in [-0.2, 0) is 18.8 Å². The van der Waals surface area contributed by atoms with Crippen LogP contribution in [0.15, 0.2) is 60.7 Å². The highest BCUT2D eigenvalue weighted by Crippen LogP contribution is 2.41. The third-order valence-electron chi connectivity index (χ3n) is 6.06. The monoisotopic (exact) mass is 410 g/mol. The van der Waals surface area contributed by atoms with E-state index in [1.807, 2.05) is 43.3 Å². The molecule has 0 bridgehead atoms. The zero-order valence-corrected chi connectivity index (χ0v) is 18.8. The molecule has 1 aliphatic carbocycles. The SMILES string of the molecule is COC(=O)[C@H]1C(=O)C[C@H](O[Si](c2ccccc2)(c2ccccc2)C(C)(C)C)[C@@H]1C. The van der Waals surface area contributed by atoms with Crippen molar-refractivity contribution in [1.82, 2.24) is 0 Å². The van der Waals surface area contributed by atoms with Gasteiger partial charge in [0.1, 0.15) is 11.7 Å². The molecule has 0 aromatic heterocycles. The first kappa shape index (κ1) is 21.5. The van der Waals surface area contributed by atoms with Crippen LogP contribution >= 0.6 is 0 Å². The quantitative estimate of drug-likeness (QED) is 0.431. The Hall–Kier alpha value is -2.24. The van der Waals surface area contributed by atoms with E-state index in [2.05, 4.69) is 45.0 Å². The Morgan fingerprint density at radius 1 is 0.966 bits per heavy atom. The summed E-state index contributed by atoms with van der Waals surface area (Å²) in [7, 11) is -1.43. The molecule has 3 rings (SSSR count). The third kappa shape index (κ3) is 3.81. The van der Waals surface area contributed by atoms with Crippen molar-refractivity contribution in [3.05, 3.63) is 60.7 Å². The van der Waals surface area contributed by atoms with Gasteiger partial charge in [0.05, 0.1) is 13.2 Å². The molecular formula is C24H30O4Si. The maximum atomic E-state index is 12.6. The van der Waals surface area contributed by atoms with Gasteiger partial charge >= 0.3 is 5.97 Å². The van der Waals surface area contributed by atoms with Crippen molar-refractivity contribution in [2.45, 2.75) is 45.3 Å². The summed E-state index contributed by atoms with van der Waals surface area (Å²) in [5, 5.41) is 2.15. The van der Waals surface area contributed by atoms with Crippen molar-refractivity contribution in [2.75, 3.05) is 7.11 Å².